The fourth-order valence-electron chi connectivity index (χ4n) is 5.58. The third kappa shape index (κ3) is 6.22. The van der Waals surface area contributed by atoms with Gasteiger partial charge in [0.15, 0.2) is 17.3 Å². The molecule has 0 saturated heterocycles. The quantitative estimate of drug-likeness (QED) is 0.264. The predicted octanol–water partition coefficient (Wildman–Crippen LogP) is 5.65. The first-order chi connectivity index (χ1) is 19.3. The number of methoxy groups -OCH3 is 2. The van der Waals surface area contributed by atoms with Crippen molar-refractivity contribution >= 4 is 17.5 Å². The van der Waals surface area contributed by atoms with Crippen LogP contribution >= 0.6 is 0 Å². The molecule has 0 fully saturated rings. The van der Waals surface area contributed by atoms with Crippen LogP contribution in [0.4, 0.5) is 0 Å². The molecule has 0 saturated carbocycles. The van der Waals surface area contributed by atoms with E-state index in [9.17, 15) is 9.59 Å². The molecule has 8 heteroatoms. The van der Waals surface area contributed by atoms with Gasteiger partial charge in [0.05, 0.1) is 26.9 Å². The molecule has 0 radical (unpaired) electrons. The molecule has 2 aromatic carbocycles. The van der Waals surface area contributed by atoms with Crippen molar-refractivity contribution in [1.29, 1.82) is 0 Å². The molecule has 1 unspecified atom stereocenters. The van der Waals surface area contributed by atoms with Crippen LogP contribution in [0.2, 0.25) is 0 Å². The number of carbonyl (C=O) groups excluding carboxylic acids is 2. The molecule has 1 heterocycles. The predicted molar refractivity (Wildman–Crippen MR) is 153 cm³/mol. The van der Waals surface area contributed by atoms with Crippen LogP contribution in [-0.4, -0.2) is 57.6 Å². The van der Waals surface area contributed by atoms with Crippen molar-refractivity contribution in [3.8, 4) is 17.2 Å². The number of para-hydroxylation sites is 1. The average molecular weight is 550 g/mol. The Kier molecular flexibility index (Phi) is 9.63. The molecule has 8 nitrogen and oxygen atoms in total. The third-order valence-electron chi connectivity index (χ3n) is 7.31. The number of nitrogens with zero attached hydrogens (tertiary/aromatic N) is 1. The molecule has 0 bridgehead atoms. The van der Waals surface area contributed by atoms with Crippen molar-refractivity contribution in [2.75, 3.05) is 34.0 Å². The van der Waals surface area contributed by atoms with E-state index in [1.54, 1.807) is 14.2 Å². The first kappa shape index (κ1) is 29.3. The Hall–Kier alpha value is -3.65. The largest absolute Gasteiger partial charge is 0.493 e. The van der Waals surface area contributed by atoms with E-state index in [2.05, 4.69) is 0 Å². The van der Waals surface area contributed by atoms with E-state index < -0.39 is 17.8 Å². The molecule has 40 heavy (non-hydrogen) atoms. The second-order valence-corrected chi connectivity index (χ2v) is 10.3. The highest BCUT2D eigenvalue weighted by molar-refractivity contribution is 6.09. The van der Waals surface area contributed by atoms with E-state index in [0.717, 1.165) is 11.1 Å². The summed E-state index contributed by atoms with van der Waals surface area (Å²) in [4.78, 5) is 32.4. The van der Waals surface area contributed by atoms with Gasteiger partial charge < -0.3 is 23.7 Å². The monoisotopic (exact) mass is 549 g/mol. The van der Waals surface area contributed by atoms with E-state index >= 15 is 0 Å². The van der Waals surface area contributed by atoms with Gasteiger partial charge in [-0.25, -0.2) is 0 Å². The minimum Gasteiger partial charge on any atom is -0.493 e. The number of benzene rings is 2. The zero-order valence-electron chi connectivity index (χ0n) is 24.2. The molecular formula is C32H39NO7. The van der Waals surface area contributed by atoms with Crippen LogP contribution in [-0.2, 0) is 19.1 Å². The number of rotatable bonds is 11. The normalized spacial score (nSPS) is 20.6. The molecule has 0 aromatic heterocycles. The molecule has 3 atom stereocenters. The molecule has 214 valence electrons. The number of carbonyl (C=O) groups is 2. The molecule has 4 rings (SSSR count). The van der Waals surface area contributed by atoms with Gasteiger partial charge in [0.2, 0.25) is 0 Å². The molecule has 1 aliphatic heterocycles. The van der Waals surface area contributed by atoms with E-state index in [0.29, 0.717) is 60.3 Å². The van der Waals surface area contributed by atoms with Gasteiger partial charge in [-0.3, -0.25) is 14.6 Å². The van der Waals surface area contributed by atoms with Gasteiger partial charge in [0.25, 0.3) is 0 Å². The van der Waals surface area contributed by atoms with Crippen molar-refractivity contribution in [2.45, 2.75) is 58.5 Å². The summed E-state index contributed by atoms with van der Waals surface area (Å²) < 4.78 is 28.0. The zero-order chi connectivity index (χ0) is 28.8. The molecule has 2 aromatic rings. The third-order valence-corrected chi connectivity index (χ3v) is 7.31. The number of hydrogen-bond acceptors (Lipinski definition) is 8. The lowest BCUT2D eigenvalue weighted by atomic mass is 9.69. The van der Waals surface area contributed by atoms with Gasteiger partial charge in [-0.2, -0.15) is 0 Å². The Balaban J connectivity index is 1.76. The maximum atomic E-state index is 14.0. The van der Waals surface area contributed by atoms with Crippen LogP contribution in [0.25, 0.3) is 0 Å². The van der Waals surface area contributed by atoms with E-state index in [1.807, 2.05) is 70.2 Å². The lowest BCUT2D eigenvalue weighted by Crippen LogP contribution is -2.38. The molecule has 0 amide bonds. The van der Waals surface area contributed by atoms with Crippen LogP contribution in [0.15, 0.2) is 58.7 Å². The maximum absolute atomic E-state index is 14.0. The van der Waals surface area contributed by atoms with Crippen molar-refractivity contribution in [3.05, 3.63) is 64.9 Å². The SMILES string of the molecule is CCOCCOC(=O)C1C(C)=NC2=C(C(=O)C[C@@H](c3ccc(OC)c(OC)c3)C2)[C@H]1c1ccccc1OC(C)C. The number of Topliss-reactive ketones (excluding diaryl/α,β-unsaturated/α-hetero) is 1. The second kappa shape index (κ2) is 13.1. The van der Waals surface area contributed by atoms with Crippen LogP contribution in [0.1, 0.15) is 63.5 Å². The van der Waals surface area contributed by atoms with E-state index in [1.165, 1.54) is 0 Å². The number of ketones is 1. The number of allylic oxidation sites excluding steroid dienone is 2. The summed E-state index contributed by atoms with van der Waals surface area (Å²) in [6.45, 7) is 8.61. The lowest BCUT2D eigenvalue weighted by Gasteiger charge is -2.37. The first-order valence-corrected chi connectivity index (χ1v) is 13.8. The Labute approximate surface area is 236 Å². The fourth-order valence-corrected chi connectivity index (χ4v) is 5.58. The molecule has 0 spiro atoms. The van der Waals surface area contributed by atoms with Crippen LogP contribution < -0.4 is 14.2 Å². The van der Waals surface area contributed by atoms with Crippen molar-refractivity contribution < 1.29 is 33.3 Å². The Morgan fingerprint density at radius 3 is 2.45 bits per heavy atom. The zero-order valence-corrected chi connectivity index (χ0v) is 24.2. The van der Waals surface area contributed by atoms with Gasteiger partial charge in [-0.1, -0.05) is 24.3 Å². The number of esters is 1. The summed E-state index contributed by atoms with van der Waals surface area (Å²) in [5, 5.41) is 0. The van der Waals surface area contributed by atoms with Gasteiger partial charge in [-0.05, 0) is 63.8 Å². The van der Waals surface area contributed by atoms with Crippen molar-refractivity contribution in [3.63, 3.8) is 0 Å². The highest BCUT2D eigenvalue weighted by Crippen LogP contribution is 2.49. The highest BCUT2D eigenvalue weighted by Gasteiger charge is 2.45. The second-order valence-electron chi connectivity index (χ2n) is 10.3. The maximum Gasteiger partial charge on any atom is 0.315 e. The first-order valence-electron chi connectivity index (χ1n) is 13.8. The number of aliphatic imine (C=N–C) groups is 1. The van der Waals surface area contributed by atoms with Crippen molar-refractivity contribution in [2.24, 2.45) is 10.9 Å². The summed E-state index contributed by atoms with van der Waals surface area (Å²) in [5.74, 6) is 0.0293. The smallest absolute Gasteiger partial charge is 0.315 e. The van der Waals surface area contributed by atoms with Crippen molar-refractivity contribution in [1.82, 2.24) is 0 Å². The number of hydrogen-bond donors (Lipinski definition) is 0. The summed E-state index contributed by atoms with van der Waals surface area (Å²) in [6.07, 6.45) is 0.767. The van der Waals surface area contributed by atoms with Gasteiger partial charge in [-0.15, -0.1) is 0 Å². The summed E-state index contributed by atoms with van der Waals surface area (Å²) in [6, 6.07) is 13.4. The van der Waals surface area contributed by atoms with Crippen LogP contribution in [0.3, 0.4) is 0 Å². The molecular weight excluding hydrogens is 510 g/mol. The summed E-state index contributed by atoms with van der Waals surface area (Å²) >= 11 is 0. The van der Waals surface area contributed by atoms with E-state index in [-0.39, 0.29) is 24.4 Å². The summed E-state index contributed by atoms with van der Waals surface area (Å²) in [5.41, 5.74) is 3.64. The highest BCUT2D eigenvalue weighted by atomic mass is 16.6. The lowest BCUT2D eigenvalue weighted by molar-refractivity contribution is -0.148. The Morgan fingerprint density at radius 1 is 1.00 bits per heavy atom. The van der Waals surface area contributed by atoms with E-state index in [4.69, 9.17) is 28.7 Å². The number of ether oxygens (including phenoxy) is 5. The van der Waals surface area contributed by atoms with Gasteiger partial charge in [0.1, 0.15) is 18.3 Å². The van der Waals surface area contributed by atoms with Gasteiger partial charge >= 0.3 is 5.97 Å². The fraction of sp³-hybridized carbons (Fsp3) is 0.469. The Bertz CT molecular complexity index is 1300. The standard InChI is InChI=1S/C32H39NO7/c1-7-38-14-15-39-32(35)29-20(4)33-24-16-22(21-12-13-27(36-5)28(18-21)37-6)17-25(34)31(24)30(29)23-10-8-9-11-26(23)40-19(2)3/h8-13,18-19,22,29-30H,7,14-17H2,1-6H3/t22-,29?,30-/m0/s1. The van der Waals surface area contributed by atoms with Crippen LogP contribution in [0, 0.1) is 5.92 Å². The molecule has 1 aliphatic carbocycles. The topological polar surface area (TPSA) is 92.7 Å². The van der Waals surface area contributed by atoms with Gasteiger partial charge in [0, 0.05) is 41.5 Å². The Morgan fingerprint density at radius 2 is 1.75 bits per heavy atom. The van der Waals surface area contributed by atoms with Crippen LogP contribution in [0.5, 0.6) is 17.2 Å². The minimum atomic E-state index is -0.751. The summed E-state index contributed by atoms with van der Waals surface area (Å²) in [7, 11) is 3.19. The average Bonchev–Trinajstić information content (AvgIpc) is 2.94. The molecule has 0 N–H and O–H groups in total. The minimum absolute atomic E-state index is 0.0336. The molecule has 2 aliphatic rings.